The van der Waals surface area contributed by atoms with E-state index in [9.17, 15) is 9.59 Å². The summed E-state index contributed by atoms with van der Waals surface area (Å²) in [6.07, 6.45) is 2.74. The summed E-state index contributed by atoms with van der Waals surface area (Å²) in [6.45, 7) is 5.21. The highest BCUT2D eigenvalue weighted by Gasteiger charge is 2.32. The Morgan fingerprint density at radius 1 is 1.32 bits per heavy atom. The fourth-order valence-electron chi connectivity index (χ4n) is 2.43. The van der Waals surface area contributed by atoms with Crippen LogP contribution in [0.1, 0.15) is 32.3 Å². The van der Waals surface area contributed by atoms with Crippen molar-refractivity contribution in [2.24, 2.45) is 0 Å². The van der Waals surface area contributed by atoms with Gasteiger partial charge in [-0.2, -0.15) is 0 Å². The molecule has 1 saturated heterocycles. The summed E-state index contributed by atoms with van der Waals surface area (Å²) >= 11 is 10.0. The zero-order valence-corrected chi connectivity index (χ0v) is 19.2. The first-order chi connectivity index (χ1) is 13.4. The third kappa shape index (κ3) is 5.71. The number of rotatable bonds is 9. The molecule has 1 heterocycles. The van der Waals surface area contributed by atoms with Crippen LogP contribution in [0, 0.1) is 0 Å². The molecule has 1 aromatic carbocycles. The van der Waals surface area contributed by atoms with E-state index < -0.39 is 0 Å². The number of carbonyl (C=O) groups excluding carboxylic acids is 2. The maximum absolute atomic E-state index is 12.7. The lowest BCUT2D eigenvalue weighted by atomic mass is 10.1. The molecule has 0 N–H and O–H groups in total. The van der Waals surface area contributed by atoms with E-state index in [1.165, 1.54) is 23.8 Å². The zero-order valence-electron chi connectivity index (χ0n) is 16.0. The third-order valence-electron chi connectivity index (χ3n) is 3.72. The average molecular weight is 488 g/mol. The van der Waals surface area contributed by atoms with E-state index >= 15 is 0 Å². The lowest BCUT2D eigenvalue weighted by Gasteiger charge is -2.14. The summed E-state index contributed by atoms with van der Waals surface area (Å²) in [5, 5.41) is 0. The molecule has 0 aliphatic carbocycles. The van der Waals surface area contributed by atoms with Gasteiger partial charge in [0.2, 0.25) is 0 Å². The van der Waals surface area contributed by atoms with Gasteiger partial charge >= 0.3 is 5.97 Å². The molecule has 0 spiro atoms. The average Bonchev–Trinajstić information content (AvgIpc) is 2.92. The highest BCUT2D eigenvalue weighted by molar-refractivity contribution is 9.10. The number of halogens is 1. The van der Waals surface area contributed by atoms with Crippen LogP contribution in [-0.2, 0) is 14.3 Å². The largest absolute Gasteiger partial charge is 0.490 e. The normalized spacial score (nSPS) is 15.3. The smallest absolute Gasteiger partial charge is 0.307 e. The second kappa shape index (κ2) is 10.8. The Morgan fingerprint density at radius 3 is 2.71 bits per heavy atom. The third-order valence-corrected chi connectivity index (χ3v) is 5.69. The number of carbonyl (C=O) groups is 2. The molecule has 28 heavy (non-hydrogen) atoms. The van der Waals surface area contributed by atoms with E-state index in [0.29, 0.717) is 33.9 Å². The molecule has 0 atom stereocenters. The van der Waals surface area contributed by atoms with Crippen molar-refractivity contribution in [1.29, 1.82) is 0 Å². The van der Waals surface area contributed by atoms with Crippen LogP contribution in [0.15, 0.2) is 21.5 Å². The Labute approximate surface area is 182 Å². The molecular formula is C19H22BrNO5S2. The first-order valence-electron chi connectivity index (χ1n) is 8.82. The molecule has 1 aliphatic rings. The second-order valence-corrected chi connectivity index (χ2v) is 8.30. The van der Waals surface area contributed by atoms with Gasteiger partial charge in [-0.25, -0.2) is 0 Å². The van der Waals surface area contributed by atoms with Crippen LogP contribution in [0.3, 0.4) is 0 Å². The van der Waals surface area contributed by atoms with Gasteiger partial charge in [0.1, 0.15) is 4.32 Å². The summed E-state index contributed by atoms with van der Waals surface area (Å²) in [5.41, 5.74) is 0.785. The first kappa shape index (κ1) is 22.7. The number of nitrogens with zero attached hydrogens (tertiary/aromatic N) is 1. The number of ether oxygens (including phenoxy) is 3. The Morgan fingerprint density at radius 2 is 2.07 bits per heavy atom. The van der Waals surface area contributed by atoms with Gasteiger partial charge in [0.25, 0.3) is 5.91 Å². The Balaban J connectivity index is 2.25. The van der Waals surface area contributed by atoms with Crippen molar-refractivity contribution in [3.8, 4) is 11.5 Å². The fourth-order valence-corrected chi connectivity index (χ4v) is 4.31. The lowest BCUT2D eigenvalue weighted by Crippen LogP contribution is -2.30. The molecule has 152 valence electrons. The van der Waals surface area contributed by atoms with Gasteiger partial charge in [0, 0.05) is 6.54 Å². The summed E-state index contributed by atoms with van der Waals surface area (Å²) in [4.78, 5) is 25.9. The number of benzene rings is 1. The fraction of sp³-hybridized carbons (Fsp3) is 0.421. The standard InChI is InChI=1S/C19H22BrNO5S2/c1-4-8-26-17-13(20)9-12(10-14(17)25-5-2)11-15-18(23)21(19(27)28-15)7-6-16(22)24-3/h9-11H,4-8H2,1-3H3/b15-11-. The van der Waals surface area contributed by atoms with Crippen LogP contribution >= 0.6 is 39.9 Å². The second-order valence-electron chi connectivity index (χ2n) is 5.77. The minimum absolute atomic E-state index is 0.0969. The summed E-state index contributed by atoms with van der Waals surface area (Å²) < 4.78 is 17.3. The van der Waals surface area contributed by atoms with Crippen molar-refractivity contribution in [3.05, 3.63) is 27.1 Å². The molecule has 0 saturated carbocycles. The van der Waals surface area contributed by atoms with Gasteiger partial charge < -0.3 is 14.2 Å². The van der Waals surface area contributed by atoms with E-state index in [0.717, 1.165) is 16.5 Å². The van der Waals surface area contributed by atoms with Crippen molar-refractivity contribution in [2.75, 3.05) is 26.9 Å². The van der Waals surface area contributed by atoms with Gasteiger partial charge in [-0.15, -0.1) is 0 Å². The van der Waals surface area contributed by atoms with Gasteiger partial charge in [-0.05, 0) is 53.0 Å². The highest BCUT2D eigenvalue weighted by atomic mass is 79.9. The molecule has 1 amide bonds. The van der Waals surface area contributed by atoms with Crippen LogP contribution in [-0.4, -0.2) is 48.0 Å². The quantitative estimate of drug-likeness (QED) is 0.290. The minimum atomic E-state index is -0.383. The van der Waals surface area contributed by atoms with Crippen molar-refractivity contribution >= 4 is 62.2 Å². The Kier molecular flexibility index (Phi) is 8.78. The van der Waals surface area contributed by atoms with Gasteiger partial charge in [0.05, 0.1) is 36.1 Å². The number of esters is 1. The molecule has 1 fully saturated rings. The molecule has 6 nitrogen and oxygen atoms in total. The molecule has 0 bridgehead atoms. The van der Waals surface area contributed by atoms with Crippen LogP contribution < -0.4 is 9.47 Å². The van der Waals surface area contributed by atoms with Crippen molar-refractivity contribution in [2.45, 2.75) is 26.7 Å². The number of thiocarbonyl (C=S) groups is 1. The van der Waals surface area contributed by atoms with Crippen LogP contribution in [0.5, 0.6) is 11.5 Å². The number of thioether (sulfide) groups is 1. The first-order valence-corrected chi connectivity index (χ1v) is 10.8. The van der Waals surface area contributed by atoms with E-state index in [1.807, 2.05) is 26.0 Å². The molecule has 1 aromatic rings. The van der Waals surface area contributed by atoms with Gasteiger partial charge in [-0.3, -0.25) is 14.5 Å². The molecule has 9 heteroatoms. The van der Waals surface area contributed by atoms with Gasteiger partial charge in [0.15, 0.2) is 11.5 Å². The summed E-state index contributed by atoms with van der Waals surface area (Å²) in [7, 11) is 1.31. The van der Waals surface area contributed by atoms with Crippen molar-refractivity contribution < 1.29 is 23.8 Å². The molecule has 0 unspecified atom stereocenters. The zero-order chi connectivity index (χ0) is 20.7. The summed E-state index contributed by atoms with van der Waals surface area (Å²) in [6, 6.07) is 3.70. The van der Waals surface area contributed by atoms with Gasteiger partial charge in [-0.1, -0.05) is 30.9 Å². The molecule has 0 aromatic heterocycles. The van der Waals surface area contributed by atoms with Crippen LogP contribution in [0.4, 0.5) is 0 Å². The lowest BCUT2D eigenvalue weighted by molar-refractivity contribution is -0.140. The number of amides is 1. The highest BCUT2D eigenvalue weighted by Crippen LogP contribution is 2.39. The van der Waals surface area contributed by atoms with E-state index in [2.05, 4.69) is 20.7 Å². The van der Waals surface area contributed by atoms with E-state index in [-0.39, 0.29) is 24.8 Å². The predicted octanol–water partition coefficient (Wildman–Crippen LogP) is 4.40. The molecular weight excluding hydrogens is 466 g/mol. The van der Waals surface area contributed by atoms with Crippen LogP contribution in [0.25, 0.3) is 6.08 Å². The van der Waals surface area contributed by atoms with Crippen LogP contribution in [0.2, 0.25) is 0 Å². The summed E-state index contributed by atoms with van der Waals surface area (Å²) in [5.74, 6) is 0.648. The van der Waals surface area contributed by atoms with E-state index in [1.54, 1.807) is 6.08 Å². The predicted molar refractivity (Wildman–Crippen MR) is 118 cm³/mol. The molecule has 1 aliphatic heterocycles. The Bertz CT molecular complexity index is 797. The number of hydrogen-bond acceptors (Lipinski definition) is 7. The topological polar surface area (TPSA) is 65.1 Å². The number of methoxy groups -OCH3 is 1. The van der Waals surface area contributed by atoms with E-state index in [4.69, 9.17) is 21.7 Å². The minimum Gasteiger partial charge on any atom is -0.490 e. The molecule has 0 radical (unpaired) electrons. The van der Waals surface area contributed by atoms with Crippen molar-refractivity contribution in [1.82, 2.24) is 4.90 Å². The van der Waals surface area contributed by atoms with Crippen molar-refractivity contribution in [3.63, 3.8) is 0 Å². The monoisotopic (exact) mass is 487 g/mol. The SMILES string of the molecule is CCCOc1c(Br)cc(/C=C2\SC(=S)N(CCC(=O)OC)C2=O)cc1OCC. The number of hydrogen-bond donors (Lipinski definition) is 0. The molecule has 2 rings (SSSR count). The Hall–Kier alpha value is -1.58. The maximum atomic E-state index is 12.7. The maximum Gasteiger partial charge on any atom is 0.307 e.